The van der Waals surface area contributed by atoms with Crippen molar-refractivity contribution in [2.75, 3.05) is 5.32 Å². The smallest absolute Gasteiger partial charge is 0.321 e. The maximum atomic E-state index is 11.9. The molecule has 0 bridgehead atoms. The summed E-state index contributed by atoms with van der Waals surface area (Å²) in [6.45, 7) is 0.226. The first kappa shape index (κ1) is 16.1. The van der Waals surface area contributed by atoms with Crippen LogP contribution in [0.2, 0.25) is 5.02 Å². The zero-order chi connectivity index (χ0) is 15.9. The van der Waals surface area contributed by atoms with Gasteiger partial charge in [0.15, 0.2) is 0 Å². The van der Waals surface area contributed by atoms with Gasteiger partial charge >= 0.3 is 5.97 Å². The highest BCUT2D eigenvalue weighted by molar-refractivity contribution is 6.33. The van der Waals surface area contributed by atoms with Crippen molar-refractivity contribution in [3.8, 4) is 0 Å². The van der Waals surface area contributed by atoms with E-state index in [0.29, 0.717) is 16.5 Å². The minimum Gasteiger partial charge on any atom is -0.480 e. The number of carbonyl (C=O) groups excluding carboxylic acids is 1. The number of carbonyl (C=O) groups is 2. The lowest BCUT2D eigenvalue weighted by Crippen LogP contribution is -2.39. The molecule has 0 fully saturated rings. The van der Waals surface area contributed by atoms with Crippen molar-refractivity contribution in [3.05, 3.63) is 53.4 Å². The minimum absolute atomic E-state index is 0.221. The molecule has 7 heteroatoms. The molecule has 1 unspecified atom stereocenters. The van der Waals surface area contributed by atoms with Gasteiger partial charge in [0.05, 0.1) is 29.9 Å². The highest BCUT2D eigenvalue weighted by Crippen LogP contribution is 2.20. The first-order valence-corrected chi connectivity index (χ1v) is 6.97. The Bertz CT molecular complexity index is 643. The molecule has 2 aromatic rings. The van der Waals surface area contributed by atoms with Crippen molar-refractivity contribution in [1.29, 1.82) is 0 Å². The van der Waals surface area contributed by atoms with Gasteiger partial charge in [0.1, 0.15) is 11.8 Å². The number of carboxylic acid groups (broad SMARTS) is 1. The molecule has 2 rings (SSSR count). The predicted octanol–water partition coefficient (Wildman–Crippen LogP) is 2.50. The zero-order valence-electron chi connectivity index (χ0n) is 11.6. The second-order valence-electron chi connectivity index (χ2n) is 4.58. The van der Waals surface area contributed by atoms with Crippen LogP contribution in [0.1, 0.15) is 12.2 Å². The first-order chi connectivity index (χ1) is 10.6. The second kappa shape index (κ2) is 7.63. The first-order valence-electron chi connectivity index (χ1n) is 6.59. The van der Waals surface area contributed by atoms with Crippen LogP contribution in [0.3, 0.4) is 0 Å². The molecule has 0 aliphatic carbocycles. The summed E-state index contributed by atoms with van der Waals surface area (Å²) in [7, 11) is 0. The average molecular weight is 323 g/mol. The summed E-state index contributed by atoms with van der Waals surface area (Å²) >= 11 is 5.94. The number of carboxylic acids is 1. The van der Waals surface area contributed by atoms with Crippen LogP contribution >= 0.6 is 11.6 Å². The van der Waals surface area contributed by atoms with Crippen LogP contribution in [0.25, 0.3) is 0 Å². The van der Waals surface area contributed by atoms with E-state index in [0.717, 1.165) is 0 Å². The molecule has 6 nitrogen and oxygen atoms in total. The Morgan fingerprint density at radius 3 is 2.64 bits per heavy atom. The normalized spacial score (nSPS) is 11.9. The lowest BCUT2D eigenvalue weighted by atomic mass is 10.2. The highest BCUT2D eigenvalue weighted by atomic mass is 35.5. The van der Waals surface area contributed by atoms with Gasteiger partial charge in [-0.25, -0.2) is 0 Å². The molecule has 1 heterocycles. The summed E-state index contributed by atoms with van der Waals surface area (Å²) in [6.07, 6.45) is 1.28. The van der Waals surface area contributed by atoms with Crippen molar-refractivity contribution >= 4 is 29.2 Å². The van der Waals surface area contributed by atoms with E-state index >= 15 is 0 Å². The molecule has 3 N–H and O–H groups in total. The van der Waals surface area contributed by atoms with Crippen LogP contribution in [0.5, 0.6) is 0 Å². The molecule has 0 aliphatic heterocycles. The summed E-state index contributed by atoms with van der Waals surface area (Å²) in [5.41, 5.74) is 0.448. The number of halogens is 1. The van der Waals surface area contributed by atoms with Gasteiger partial charge in [-0.2, -0.15) is 0 Å². The van der Waals surface area contributed by atoms with Gasteiger partial charge in [-0.1, -0.05) is 23.7 Å². The largest absolute Gasteiger partial charge is 0.480 e. The average Bonchev–Trinajstić information content (AvgIpc) is 2.99. The van der Waals surface area contributed by atoms with E-state index in [-0.39, 0.29) is 13.0 Å². The number of hydrogen-bond donors (Lipinski definition) is 3. The minimum atomic E-state index is -1.11. The molecule has 116 valence electrons. The Morgan fingerprint density at radius 1 is 1.23 bits per heavy atom. The van der Waals surface area contributed by atoms with E-state index in [4.69, 9.17) is 16.0 Å². The Labute approximate surface area is 132 Å². The number of benzene rings is 1. The van der Waals surface area contributed by atoms with Gasteiger partial charge in [0, 0.05) is 0 Å². The van der Waals surface area contributed by atoms with E-state index in [9.17, 15) is 14.7 Å². The van der Waals surface area contributed by atoms with Gasteiger partial charge < -0.3 is 14.8 Å². The molecule has 0 saturated heterocycles. The number of rotatable bonds is 7. The summed E-state index contributed by atoms with van der Waals surface area (Å²) in [5, 5.41) is 14.9. The van der Waals surface area contributed by atoms with Crippen LogP contribution in [0, 0.1) is 0 Å². The maximum absolute atomic E-state index is 11.9. The zero-order valence-corrected chi connectivity index (χ0v) is 12.3. The molecular formula is C15H15ClN2O4. The Morgan fingerprint density at radius 2 is 2.00 bits per heavy atom. The maximum Gasteiger partial charge on any atom is 0.321 e. The standard InChI is InChI=1S/C15H15ClN2O4/c16-11-5-1-2-6-12(11)18-14(19)8-13(15(20)21)17-9-10-4-3-7-22-10/h1-7,13,17H,8-9H2,(H,18,19)(H,20,21). The molecule has 0 spiro atoms. The SMILES string of the molecule is O=C(CC(NCc1ccco1)C(=O)O)Nc1ccccc1Cl. The van der Waals surface area contributed by atoms with Gasteiger partial charge in [-0.3, -0.25) is 14.9 Å². The van der Waals surface area contributed by atoms with Gasteiger partial charge in [0.25, 0.3) is 0 Å². The van der Waals surface area contributed by atoms with Crippen molar-refractivity contribution in [2.45, 2.75) is 19.0 Å². The van der Waals surface area contributed by atoms with E-state index in [2.05, 4.69) is 10.6 Å². The van der Waals surface area contributed by atoms with Crippen molar-refractivity contribution in [3.63, 3.8) is 0 Å². The van der Waals surface area contributed by atoms with Crippen molar-refractivity contribution in [1.82, 2.24) is 5.32 Å². The van der Waals surface area contributed by atoms with Crippen LogP contribution < -0.4 is 10.6 Å². The summed E-state index contributed by atoms with van der Waals surface area (Å²) in [4.78, 5) is 23.2. The number of furan rings is 1. The van der Waals surface area contributed by atoms with E-state index in [1.54, 1.807) is 36.4 Å². The Kier molecular flexibility index (Phi) is 5.57. The quantitative estimate of drug-likeness (QED) is 0.728. The molecule has 0 aliphatic rings. The number of hydrogen-bond acceptors (Lipinski definition) is 4. The lowest BCUT2D eigenvalue weighted by molar-refractivity contribution is -0.141. The second-order valence-corrected chi connectivity index (χ2v) is 4.99. The summed E-state index contributed by atoms with van der Waals surface area (Å²) < 4.78 is 5.11. The summed E-state index contributed by atoms with van der Waals surface area (Å²) in [5.74, 6) is -0.953. The molecule has 1 atom stereocenters. The predicted molar refractivity (Wildman–Crippen MR) is 81.7 cm³/mol. The third-order valence-electron chi connectivity index (χ3n) is 2.94. The summed E-state index contributed by atoms with van der Waals surface area (Å²) in [6, 6.07) is 9.15. The van der Waals surface area contributed by atoms with Gasteiger partial charge in [0.2, 0.25) is 5.91 Å². The highest BCUT2D eigenvalue weighted by Gasteiger charge is 2.21. The molecule has 0 radical (unpaired) electrons. The van der Waals surface area contributed by atoms with Crippen LogP contribution in [-0.2, 0) is 16.1 Å². The molecule has 0 saturated carbocycles. The van der Waals surface area contributed by atoms with Gasteiger partial charge in [-0.05, 0) is 24.3 Å². The van der Waals surface area contributed by atoms with E-state index in [1.807, 2.05) is 0 Å². The molecule has 1 amide bonds. The lowest BCUT2D eigenvalue weighted by Gasteiger charge is -2.14. The number of para-hydroxylation sites is 1. The fourth-order valence-electron chi connectivity index (χ4n) is 1.83. The van der Waals surface area contributed by atoms with Crippen LogP contribution in [-0.4, -0.2) is 23.0 Å². The molecular weight excluding hydrogens is 308 g/mol. The molecule has 1 aromatic carbocycles. The third-order valence-corrected chi connectivity index (χ3v) is 3.27. The third kappa shape index (κ3) is 4.61. The number of amides is 1. The number of aliphatic carboxylic acids is 1. The number of anilines is 1. The van der Waals surface area contributed by atoms with E-state index in [1.165, 1.54) is 6.26 Å². The Balaban J connectivity index is 1.91. The molecule has 22 heavy (non-hydrogen) atoms. The molecule has 1 aromatic heterocycles. The topological polar surface area (TPSA) is 91.6 Å². The van der Waals surface area contributed by atoms with Crippen LogP contribution in [0.15, 0.2) is 47.1 Å². The Hall–Kier alpha value is -2.31. The fraction of sp³-hybridized carbons (Fsp3) is 0.200. The fourth-order valence-corrected chi connectivity index (χ4v) is 2.02. The van der Waals surface area contributed by atoms with E-state index < -0.39 is 17.9 Å². The van der Waals surface area contributed by atoms with Crippen LogP contribution in [0.4, 0.5) is 5.69 Å². The van der Waals surface area contributed by atoms with Gasteiger partial charge in [-0.15, -0.1) is 0 Å². The van der Waals surface area contributed by atoms with Crippen molar-refractivity contribution in [2.24, 2.45) is 0 Å². The van der Waals surface area contributed by atoms with Crippen molar-refractivity contribution < 1.29 is 19.1 Å². The number of nitrogens with one attached hydrogen (secondary N) is 2. The monoisotopic (exact) mass is 322 g/mol.